The first-order valence-corrected chi connectivity index (χ1v) is 30.4. The molecule has 45 heavy (non-hydrogen) atoms. The van der Waals surface area contributed by atoms with Crippen molar-refractivity contribution in [1.29, 1.82) is 0 Å². The fourth-order valence-corrected chi connectivity index (χ4v) is 27.9. The number of fused-ring (bicyclic) bond motifs is 2. The van der Waals surface area contributed by atoms with Crippen LogP contribution in [0, 0.1) is 0 Å². The summed E-state index contributed by atoms with van der Waals surface area (Å²) in [5.74, 6) is 0. The second-order valence-corrected chi connectivity index (χ2v) is 37.4. The Kier molecular flexibility index (Phi) is 14.4. The molecule has 2 aliphatic rings. The molecule has 0 radical (unpaired) electrons. The molecule has 2 aliphatic carbocycles. The van der Waals surface area contributed by atoms with Gasteiger partial charge in [-0.3, -0.25) is 0 Å². The average molecular weight is 735 g/mol. The molecule has 0 saturated heterocycles. The minimum atomic E-state index is -2.74. The van der Waals surface area contributed by atoms with E-state index in [2.05, 4.69) is 142 Å². The number of hydrogen-bond donors (Lipinski definition) is 0. The number of allylic oxidation sites excluding steroid dienone is 2. The van der Waals surface area contributed by atoms with Gasteiger partial charge in [-0.1, -0.05) is 39.5 Å². The molecule has 0 N–H and O–H groups in total. The number of unbranched alkanes of at least 4 members (excludes halogenated alkanes) is 3. The minimum Gasteiger partial charge on any atom is -0.147 e. The van der Waals surface area contributed by atoms with Gasteiger partial charge in [0.05, 0.1) is 0 Å². The zero-order valence-electron chi connectivity index (χ0n) is 28.1. The molecular weight excluding hydrogens is 683 g/mol. The topological polar surface area (TPSA) is 0 Å². The molecule has 0 saturated carbocycles. The molecule has 0 heterocycles. The summed E-state index contributed by atoms with van der Waals surface area (Å²) in [6, 6.07) is 36.2. The van der Waals surface area contributed by atoms with Crippen molar-refractivity contribution in [1.82, 2.24) is 0 Å². The third-order valence-corrected chi connectivity index (χ3v) is 27.2. The molecule has 0 spiro atoms. The monoisotopic (exact) mass is 732 g/mol. The molecule has 0 nitrogen and oxygen atoms in total. The van der Waals surface area contributed by atoms with Crippen LogP contribution in [0.15, 0.2) is 108 Å². The van der Waals surface area contributed by atoms with Gasteiger partial charge in [0.25, 0.3) is 0 Å². The third-order valence-electron chi connectivity index (χ3n) is 9.73. The molecule has 0 amide bonds. The molecule has 2 unspecified atom stereocenters. The first-order chi connectivity index (χ1) is 21.0. The van der Waals surface area contributed by atoms with E-state index in [0.29, 0.717) is 7.25 Å². The van der Waals surface area contributed by atoms with E-state index in [0.717, 1.165) is 12.8 Å². The molecule has 4 heteroatoms. The number of rotatable bonds is 9. The first kappa shape index (κ1) is 37.5. The summed E-state index contributed by atoms with van der Waals surface area (Å²) in [4.78, 5) is 0. The predicted octanol–water partition coefficient (Wildman–Crippen LogP) is 12.3. The van der Waals surface area contributed by atoms with E-state index in [1.54, 1.807) is 22.3 Å². The third kappa shape index (κ3) is 7.79. The molecule has 2 atom stereocenters. The van der Waals surface area contributed by atoms with Crippen molar-refractivity contribution in [3.63, 3.8) is 0 Å². The van der Waals surface area contributed by atoms with Crippen LogP contribution in [-0.4, -0.2) is 7.37 Å². The van der Waals surface area contributed by atoms with Crippen LogP contribution >= 0.6 is 24.8 Å². The van der Waals surface area contributed by atoms with Gasteiger partial charge in [0.2, 0.25) is 0 Å². The predicted molar refractivity (Wildman–Crippen MR) is 206 cm³/mol. The zero-order chi connectivity index (χ0) is 30.4. The molecule has 0 bridgehead atoms. The van der Waals surface area contributed by atoms with E-state index < -0.39 is 19.4 Å². The number of halogens is 2. The standard InChI is InChI=1S/2C17H15.C6H14.CH3.2ClH.H3Si.Zr/c2*1-2-13-11-15-9-6-10-16(17(15)12-13)14-7-4-3-5-8-14;1-3-5-6-4-2;;;;;/h2*3-12H,2H2,1H3;3-6H2,1-2H3;1H3;2*1H;1H3;. The Hall–Kier alpha value is -1.96. The minimum absolute atomic E-state index is 0. The van der Waals surface area contributed by atoms with E-state index in [4.69, 9.17) is 0 Å². The summed E-state index contributed by atoms with van der Waals surface area (Å²) in [5, 5.41) is 0. The summed E-state index contributed by atoms with van der Waals surface area (Å²) in [5.41, 5.74) is 15.1. The van der Waals surface area contributed by atoms with Gasteiger partial charge in [-0.15, -0.1) is 24.8 Å². The molecule has 0 aromatic heterocycles. The summed E-state index contributed by atoms with van der Waals surface area (Å²) in [6.07, 6.45) is 13.0. The van der Waals surface area contributed by atoms with Crippen molar-refractivity contribution >= 4 is 44.3 Å². The smallest absolute Gasteiger partial charge is 0.0536 e. The second-order valence-electron chi connectivity index (χ2n) is 12.9. The Labute approximate surface area is 292 Å². The quantitative estimate of drug-likeness (QED) is 0.119. The molecule has 4 aromatic carbocycles. The molecule has 0 fully saturated rings. The zero-order valence-corrected chi connectivity index (χ0v) is 34.2. The molecular formula is C41H52Cl2SiZr. The van der Waals surface area contributed by atoms with Crippen molar-refractivity contribution in [2.75, 3.05) is 0 Å². The van der Waals surface area contributed by atoms with Gasteiger partial charge in [0, 0.05) is 0 Å². The van der Waals surface area contributed by atoms with Gasteiger partial charge in [-0.25, -0.2) is 0 Å². The fraction of sp³-hybridized carbons (Fsp3) is 0.317. The van der Waals surface area contributed by atoms with Gasteiger partial charge < -0.3 is 0 Å². The maximum absolute atomic E-state index is 2.79. The Morgan fingerprint density at radius 3 is 1.24 bits per heavy atom. The Bertz CT molecular complexity index is 1470. The summed E-state index contributed by atoms with van der Waals surface area (Å²) < 4.78 is 4.12. The summed E-state index contributed by atoms with van der Waals surface area (Å²) in [6.45, 7) is 9.22. The van der Waals surface area contributed by atoms with Crippen molar-refractivity contribution in [2.45, 2.75) is 78.1 Å². The van der Waals surface area contributed by atoms with Gasteiger partial charge >= 0.3 is 230 Å². The molecule has 238 valence electrons. The Morgan fingerprint density at radius 2 is 0.911 bits per heavy atom. The Balaban J connectivity index is 0.000000632. The van der Waals surface area contributed by atoms with E-state index in [9.17, 15) is 0 Å². The van der Waals surface area contributed by atoms with Crippen LogP contribution in [0.25, 0.3) is 34.4 Å². The van der Waals surface area contributed by atoms with Crippen LogP contribution in [0.1, 0.15) is 95.7 Å². The number of hydrogen-bond acceptors (Lipinski definition) is 0. The summed E-state index contributed by atoms with van der Waals surface area (Å²) >= 11 is -2.74. The van der Waals surface area contributed by atoms with Crippen molar-refractivity contribution in [3.8, 4) is 22.3 Å². The SMILES string of the molecule is CCC1=Cc2c(-c3ccccc3)cccc2[CH]1[Zr]([CH3])([SiH3])[CH]1C(CC)=Cc2c(-c3ccccc3)cccc21.CCCCCC.Cl.Cl. The maximum atomic E-state index is 2.79. The molecule has 4 aromatic rings. The van der Waals surface area contributed by atoms with Crippen molar-refractivity contribution in [2.24, 2.45) is 0 Å². The van der Waals surface area contributed by atoms with Crippen LogP contribution in [-0.2, 0) is 19.4 Å². The first-order valence-electron chi connectivity index (χ1n) is 16.7. The largest absolute Gasteiger partial charge is 0.147 e. The van der Waals surface area contributed by atoms with Crippen LogP contribution in [0.3, 0.4) is 0 Å². The van der Waals surface area contributed by atoms with E-state index in [1.807, 2.05) is 0 Å². The van der Waals surface area contributed by atoms with Crippen LogP contribution < -0.4 is 0 Å². The Morgan fingerprint density at radius 1 is 0.533 bits per heavy atom. The van der Waals surface area contributed by atoms with Gasteiger partial charge in [-0.2, -0.15) is 0 Å². The number of benzene rings is 4. The van der Waals surface area contributed by atoms with Gasteiger partial charge in [0.15, 0.2) is 0 Å². The van der Waals surface area contributed by atoms with E-state index >= 15 is 0 Å². The fourth-order valence-electron chi connectivity index (χ4n) is 7.70. The van der Waals surface area contributed by atoms with Crippen LogP contribution in [0.2, 0.25) is 4.63 Å². The summed E-state index contributed by atoms with van der Waals surface area (Å²) in [7, 11) is 1.32. The van der Waals surface area contributed by atoms with Crippen LogP contribution in [0.4, 0.5) is 0 Å². The van der Waals surface area contributed by atoms with E-state index in [1.165, 1.54) is 66.4 Å². The average Bonchev–Trinajstić information content (AvgIpc) is 3.64. The van der Waals surface area contributed by atoms with Crippen molar-refractivity contribution in [3.05, 3.63) is 130 Å². The maximum Gasteiger partial charge on any atom is -0.0536 e. The van der Waals surface area contributed by atoms with Crippen molar-refractivity contribution < 1.29 is 19.4 Å². The molecule has 6 rings (SSSR count). The van der Waals surface area contributed by atoms with E-state index in [-0.39, 0.29) is 24.8 Å². The van der Waals surface area contributed by atoms with Gasteiger partial charge in [0.1, 0.15) is 0 Å². The van der Waals surface area contributed by atoms with Crippen LogP contribution in [0.5, 0.6) is 0 Å². The normalized spacial score (nSPS) is 17.4. The van der Waals surface area contributed by atoms with Gasteiger partial charge in [-0.05, 0) is 0 Å². The second kappa shape index (κ2) is 17.3. The molecule has 0 aliphatic heterocycles.